The molecule has 3 aromatic rings. The molecule has 26 heteroatoms. The van der Waals surface area contributed by atoms with E-state index in [1.54, 1.807) is 51.1 Å². The molecule has 0 saturated heterocycles. The van der Waals surface area contributed by atoms with Crippen molar-refractivity contribution in [3.8, 4) is 11.1 Å². The molecule has 1 fully saturated rings. The largest absolute Gasteiger partial charge is 0.465 e. The molecular formula is C62H78N10O16. The minimum Gasteiger partial charge on any atom is -0.465 e. The molecule has 2 unspecified atom stereocenters. The highest BCUT2D eigenvalue weighted by Crippen LogP contribution is 2.66. The number of anilines is 1. The Bertz CT molecular complexity index is 3220. The molecule has 5 atom stereocenters. The summed E-state index contributed by atoms with van der Waals surface area (Å²) in [4.78, 5) is 144. The van der Waals surface area contributed by atoms with Gasteiger partial charge >= 0.3 is 30.3 Å². The number of nitrogens with one attached hydrogen (secondary N) is 7. The van der Waals surface area contributed by atoms with E-state index < -0.39 is 126 Å². The SMILES string of the molecule is CC(=O)OC[C@]1(C)C=C2C(=O)[C@](C)(O)C3(CC3)C(C)=C2[C@H]1OC(=O)N(C)CCN(C)C(=O)OCc1ccc(NC(=O)C(CCCNC(N)=O)NC(=O)C(NC(=O)CNC(=O)CNC(=O)CNC(=O)OCC2c3ccccc3-c3ccccc32)C(C)C)cc1. The average Bonchev–Trinajstić information content (AvgIpc) is 1.52. The Morgan fingerprint density at radius 3 is 1.89 bits per heavy atom. The normalized spacial score (nSPS) is 19.0. The van der Waals surface area contributed by atoms with Gasteiger partial charge in [0.25, 0.3) is 0 Å². The van der Waals surface area contributed by atoms with Crippen LogP contribution in [0.25, 0.3) is 11.1 Å². The van der Waals surface area contributed by atoms with Crippen LogP contribution in [0.2, 0.25) is 0 Å². The Kier molecular flexibility index (Phi) is 21.4. The quantitative estimate of drug-likeness (QED) is 0.0316. The maximum absolute atomic E-state index is 13.7. The maximum atomic E-state index is 13.7. The van der Waals surface area contributed by atoms with Crippen molar-refractivity contribution in [2.24, 2.45) is 22.5 Å². The van der Waals surface area contributed by atoms with Gasteiger partial charge in [-0.15, -0.1) is 0 Å². The number of amides is 10. The van der Waals surface area contributed by atoms with Gasteiger partial charge in [0.2, 0.25) is 29.5 Å². The van der Waals surface area contributed by atoms with Gasteiger partial charge in [0, 0.05) is 68.8 Å². The Morgan fingerprint density at radius 2 is 1.31 bits per heavy atom. The van der Waals surface area contributed by atoms with Crippen LogP contribution in [0.5, 0.6) is 0 Å². The lowest BCUT2D eigenvalue weighted by Crippen LogP contribution is -2.56. The number of rotatable bonds is 26. The second-order valence-corrected chi connectivity index (χ2v) is 23.2. The van der Waals surface area contributed by atoms with Crippen molar-refractivity contribution in [2.45, 2.75) is 104 Å². The lowest BCUT2D eigenvalue weighted by molar-refractivity contribution is -0.145. The third kappa shape index (κ3) is 15.8. The molecule has 4 aliphatic rings. The molecule has 0 aliphatic heterocycles. The lowest BCUT2D eigenvalue weighted by atomic mass is 9.67. The molecule has 88 heavy (non-hydrogen) atoms. The van der Waals surface area contributed by atoms with Crippen LogP contribution in [0, 0.1) is 16.7 Å². The Morgan fingerprint density at radius 1 is 0.727 bits per heavy atom. The number of hydrogen-bond donors (Lipinski definition) is 9. The molecule has 1 spiro atoms. The molecule has 10 N–H and O–H groups in total. The van der Waals surface area contributed by atoms with Gasteiger partial charge in [-0.05, 0) is 92.3 Å². The highest BCUT2D eigenvalue weighted by atomic mass is 16.6. The summed E-state index contributed by atoms with van der Waals surface area (Å²) < 4.78 is 22.4. The molecule has 3 aromatic carbocycles. The zero-order valence-electron chi connectivity index (χ0n) is 50.6. The standard InChI is InChI=1S/C62H78N10O16/c1-35(2)51(70-49(76)31-66-47(74)29-65-48(75)30-67-57(81)85-33-45-42-16-11-9-14-40(42)41-15-10-12-17-43(41)45)55(79)69-46(18-13-25-64-56(63)80)54(78)68-39-21-19-38(20-22-39)32-86-58(82)71(7)26-27-72(8)59(83)88-53-50-36(3)62(23-24-62)61(6,84)52(77)44(50)28-60(53,5)34-87-37(4)73/h9-12,14-17,19-22,28,35,45-46,51,53,84H,13,18,23-27,29-34H2,1-8H3,(H,65,75)(H,66,74)(H,67,81)(H,68,78)(H,69,79)(H,70,76)(H3,63,64,80)/t46?,51?,53-,60+,61+/m1/s1. The number of urea groups is 1. The summed E-state index contributed by atoms with van der Waals surface area (Å²) in [6, 6.07) is 18.8. The second-order valence-electron chi connectivity index (χ2n) is 23.2. The molecule has 0 radical (unpaired) electrons. The summed E-state index contributed by atoms with van der Waals surface area (Å²) in [5.41, 5.74) is 8.14. The fourth-order valence-corrected chi connectivity index (χ4v) is 11.1. The van der Waals surface area contributed by atoms with Gasteiger partial charge in [-0.3, -0.25) is 33.6 Å². The summed E-state index contributed by atoms with van der Waals surface area (Å²) in [7, 11) is 2.96. The van der Waals surface area contributed by atoms with E-state index in [9.17, 15) is 57.8 Å². The smallest absolute Gasteiger partial charge is 0.410 e. The van der Waals surface area contributed by atoms with Crippen LogP contribution < -0.4 is 43.0 Å². The van der Waals surface area contributed by atoms with Crippen LogP contribution in [0.4, 0.5) is 24.9 Å². The van der Waals surface area contributed by atoms with Gasteiger partial charge in [0.15, 0.2) is 5.78 Å². The van der Waals surface area contributed by atoms with E-state index in [0.29, 0.717) is 29.7 Å². The number of nitrogens with two attached hydrogens (primary N) is 1. The number of nitrogens with zero attached hydrogens (tertiary/aromatic N) is 2. The molecule has 1 saturated carbocycles. The number of hydrogen-bond acceptors (Lipinski definition) is 16. The van der Waals surface area contributed by atoms with Crippen LogP contribution in [0.3, 0.4) is 0 Å². The minimum absolute atomic E-state index is 0.0129. The predicted octanol–water partition coefficient (Wildman–Crippen LogP) is 3.42. The van der Waals surface area contributed by atoms with Crippen molar-refractivity contribution in [3.05, 3.63) is 112 Å². The van der Waals surface area contributed by atoms with Crippen molar-refractivity contribution >= 4 is 71.3 Å². The molecule has 4 aliphatic carbocycles. The van der Waals surface area contributed by atoms with E-state index in [1.165, 1.54) is 37.7 Å². The second kappa shape index (κ2) is 28.5. The number of ketones is 1. The number of carbonyl (C=O) groups is 11. The molecular weight excluding hydrogens is 1140 g/mol. The van der Waals surface area contributed by atoms with E-state index in [1.807, 2.05) is 55.5 Å². The van der Waals surface area contributed by atoms with Crippen LogP contribution in [-0.4, -0.2) is 171 Å². The van der Waals surface area contributed by atoms with Crippen molar-refractivity contribution in [3.63, 3.8) is 0 Å². The topological polar surface area (TPSA) is 362 Å². The van der Waals surface area contributed by atoms with Crippen LogP contribution in [0.15, 0.2) is 95.6 Å². The fraction of sp³-hybridized carbons (Fsp3) is 0.468. The summed E-state index contributed by atoms with van der Waals surface area (Å²) in [6.07, 6.45) is -0.308. The number of carbonyl (C=O) groups excluding carboxylic acids is 11. The highest BCUT2D eigenvalue weighted by molar-refractivity contribution is 6.09. The van der Waals surface area contributed by atoms with Crippen LogP contribution >= 0.6 is 0 Å². The first-order valence-electron chi connectivity index (χ1n) is 29.0. The minimum atomic E-state index is -1.65. The monoisotopic (exact) mass is 1220 g/mol. The van der Waals surface area contributed by atoms with E-state index >= 15 is 0 Å². The summed E-state index contributed by atoms with van der Waals surface area (Å²) in [5.74, 6) is -5.29. The molecule has 472 valence electrons. The van der Waals surface area contributed by atoms with Gasteiger partial charge < -0.3 is 76.8 Å². The number of likely N-dealkylation sites (N-methyl/N-ethyl adjacent to an activating group) is 2. The number of aliphatic hydroxyl groups is 1. The molecule has 0 aromatic heterocycles. The summed E-state index contributed by atoms with van der Waals surface area (Å²) in [6.45, 7) is 7.79. The van der Waals surface area contributed by atoms with Crippen LogP contribution in [-0.2, 0) is 59.1 Å². The predicted molar refractivity (Wildman–Crippen MR) is 318 cm³/mol. The first kappa shape index (κ1) is 66.2. The molecule has 10 amide bonds. The first-order chi connectivity index (χ1) is 41.7. The Labute approximate surface area is 509 Å². The van der Waals surface area contributed by atoms with Crippen molar-refractivity contribution in [1.29, 1.82) is 0 Å². The van der Waals surface area contributed by atoms with E-state index in [0.717, 1.165) is 27.8 Å². The van der Waals surface area contributed by atoms with Gasteiger partial charge in [0.05, 0.1) is 18.5 Å². The lowest BCUT2D eigenvalue weighted by Gasteiger charge is -2.40. The average molecular weight is 1220 g/mol. The number of benzene rings is 3. The van der Waals surface area contributed by atoms with E-state index in [-0.39, 0.29) is 63.8 Å². The van der Waals surface area contributed by atoms with Gasteiger partial charge in [-0.1, -0.05) is 86.2 Å². The van der Waals surface area contributed by atoms with E-state index in [2.05, 4.69) is 37.2 Å². The zero-order chi connectivity index (χ0) is 64.3. The number of fused-ring (bicyclic) bond motifs is 4. The van der Waals surface area contributed by atoms with Crippen molar-refractivity contribution < 1.29 is 76.8 Å². The molecule has 0 heterocycles. The van der Waals surface area contributed by atoms with Crippen molar-refractivity contribution in [2.75, 3.05) is 71.9 Å². The van der Waals surface area contributed by atoms with Crippen molar-refractivity contribution in [1.82, 2.24) is 41.7 Å². The third-order valence-corrected chi connectivity index (χ3v) is 16.4. The van der Waals surface area contributed by atoms with Gasteiger partial charge in [-0.2, -0.15) is 0 Å². The first-order valence-corrected chi connectivity index (χ1v) is 29.0. The fourth-order valence-electron chi connectivity index (χ4n) is 11.1. The number of primary amides is 1. The Hall–Kier alpha value is -9.33. The Balaban J connectivity index is 0.830. The molecule has 26 nitrogen and oxygen atoms in total. The number of Topliss-reactive ketones (excluding diaryl/α,β-unsaturated/α-hetero) is 1. The summed E-state index contributed by atoms with van der Waals surface area (Å²) >= 11 is 0. The maximum Gasteiger partial charge on any atom is 0.410 e. The zero-order valence-corrected chi connectivity index (χ0v) is 50.6. The number of esters is 1. The van der Waals surface area contributed by atoms with Crippen LogP contribution in [0.1, 0.15) is 89.8 Å². The molecule has 7 rings (SSSR count). The number of alkyl carbamates (subject to hydrolysis) is 1. The number of ether oxygens (including phenoxy) is 4. The van der Waals surface area contributed by atoms with Gasteiger partial charge in [0.1, 0.15) is 50.2 Å². The summed E-state index contributed by atoms with van der Waals surface area (Å²) in [5, 5.41) is 28.9. The molecule has 0 bridgehead atoms. The van der Waals surface area contributed by atoms with E-state index in [4.69, 9.17) is 24.7 Å². The van der Waals surface area contributed by atoms with Gasteiger partial charge in [-0.25, -0.2) is 19.2 Å². The third-order valence-electron chi connectivity index (χ3n) is 16.4. The highest BCUT2D eigenvalue weighted by Gasteiger charge is 2.67.